The summed E-state index contributed by atoms with van der Waals surface area (Å²) in [6.45, 7) is 1.57. The summed E-state index contributed by atoms with van der Waals surface area (Å²) in [5.41, 5.74) is 16.2. The lowest BCUT2D eigenvalue weighted by molar-refractivity contribution is 0.566. The zero-order chi connectivity index (χ0) is 25.6. The average molecular weight is 519 g/mol. The Morgan fingerprint density at radius 1 is 0.676 bits per heavy atom. The number of nitrogens with two attached hydrogens (primary N) is 2. The molecule has 37 heavy (non-hydrogen) atoms. The van der Waals surface area contributed by atoms with E-state index in [0.717, 1.165) is 49.1 Å². The number of anilines is 4. The van der Waals surface area contributed by atoms with Crippen molar-refractivity contribution >= 4 is 30.8 Å². The van der Waals surface area contributed by atoms with Crippen LogP contribution in [0.15, 0.2) is 60.7 Å². The molecule has 0 aromatic heterocycles. The van der Waals surface area contributed by atoms with Gasteiger partial charge in [-0.25, -0.2) is 8.78 Å². The summed E-state index contributed by atoms with van der Waals surface area (Å²) in [5.74, 6) is -0.920. The van der Waals surface area contributed by atoms with E-state index >= 15 is 8.78 Å². The van der Waals surface area contributed by atoms with Crippen LogP contribution in [0.2, 0.25) is 24.2 Å². The van der Waals surface area contributed by atoms with Gasteiger partial charge in [0, 0.05) is 30.2 Å². The van der Waals surface area contributed by atoms with E-state index < -0.39 is 19.7 Å². The Kier molecular flexibility index (Phi) is 6.35. The number of benzene rings is 3. The van der Waals surface area contributed by atoms with Crippen molar-refractivity contribution in [3.05, 3.63) is 83.4 Å². The summed E-state index contributed by atoms with van der Waals surface area (Å²) in [4.78, 5) is 4.15. The number of nitrogen functional groups attached to an aromatic ring is 2. The molecule has 3 saturated heterocycles. The maximum absolute atomic E-state index is 15.8. The van der Waals surface area contributed by atoms with E-state index in [0.29, 0.717) is 17.1 Å². The van der Waals surface area contributed by atoms with E-state index in [1.807, 2.05) is 53.4 Å². The van der Waals surface area contributed by atoms with Gasteiger partial charge in [0.2, 0.25) is 0 Å². The third-order valence-electron chi connectivity index (χ3n) is 9.13. The van der Waals surface area contributed by atoms with E-state index in [9.17, 15) is 0 Å². The van der Waals surface area contributed by atoms with E-state index in [-0.39, 0.29) is 17.8 Å². The summed E-state index contributed by atoms with van der Waals surface area (Å²) in [5, 5.41) is 0. The minimum atomic E-state index is -1.18. The van der Waals surface area contributed by atoms with Gasteiger partial charge in [-0.3, -0.25) is 0 Å². The Bertz CT molecular complexity index is 1170. The molecular weight excluding hydrogens is 482 g/mol. The number of rotatable bonds is 4. The van der Waals surface area contributed by atoms with Crippen molar-refractivity contribution in [2.24, 2.45) is 0 Å². The topological polar surface area (TPSA) is 58.5 Å². The van der Waals surface area contributed by atoms with Gasteiger partial charge in [0.05, 0.1) is 20.2 Å². The maximum Gasteiger partial charge on any atom is 0.151 e. The highest BCUT2D eigenvalue weighted by molar-refractivity contribution is 6.80. The van der Waals surface area contributed by atoms with Crippen molar-refractivity contribution in [3.63, 3.8) is 0 Å². The minimum Gasteiger partial charge on any atom is -0.399 e. The predicted molar refractivity (Wildman–Crippen MR) is 152 cm³/mol. The van der Waals surface area contributed by atoms with Crippen molar-refractivity contribution in [2.45, 2.75) is 61.9 Å². The molecule has 4 N–H and O–H groups in total. The summed E-state index contributed by atoms with van der Waals surface area (Å²) in [6, 6.07) is 23.9. The number of hydrogen-bond donors (Lipinski definition) is 2. The van der Waals surface area contributed by atoms with Gasteiger partial charge in [-0.15, -0.1) is 0 Å². The van der Waals surface area contributed by atoms with Gasteiger partial charge in [0.25, 0.3) is 0 Å². The lowest BCUT2D eigenvalue weighted by atomic mass is 10.0. The first kappa shape index (κ1) is 24.3. The Morgan fingerprint density at radius 2 is 1.14 bits per heavy atom. The molecule has 3 heterocycles. The number of halogens is 2. The lowest BCUT2D eigenvalue weighted by Gasteiger charge is -2.39. The van der Waals surface area contributed by atoms with Crippen molar-refractivity contribution in [1.29, 1.82) is 0 Å². The first-order valence-electron chi connectivity index (χ1n) is 13.7. The molecule has 3 aliphatic heterocycles. The second kappa shape index (κ2) is 9.67. The normalized spacial score (nSPS) is 23.2. The van der Waals surface area contributed by atoms with Crippen LogP contribution in [0, 0.1) is 11.6 Å². The van der Waals surface area contributed by atoms with Crippen LogP contribution in [0.5, 0.6) is 0 Å². The molecule has 3 fully saturated rings. The second-order valence-corrected chi connectivity index (χ2v) is 16.3. The SMILES string of the molecule is Nc1ccc([C@@H]2CC[C@@H](c3ccc(N)cc3)N2c2cc(F)c(N3CC[Si]4(CCCC4)CC3)c(F)c2)cc1. The van der Waals surface area contributed by atoms with Crippen molar-refractivity contribution in [3.8, 4) is 0 Å². The van der Waals surface area contributed by atoms with Crippen LogP contribution in [0.1, 0.15) is 48.9 Å². The van der Waals surface area contributed by atoms with Crippen LogP contribution in [-0.2, 0) is 0 Å². The summed E-state index contributed by atoms with van der Waals surface area (Å²) in [6.07, 6.45) is 4.46. The van der Waals surface area contributed by atoms with Gasteiger partial charge in [0.15, 0.2) is 11.6 Å². The smallest absolute Gasteiger partial charge is 0.151 e. The predicted octanol–water partition coefficient (Wildman–Crippen LogP) is 7.27. The quantitative estimate of drug-likeness (QED) is 0.282. The van der Waals surface area contributed by atoms with Crippen LogP contribution >= 0.6 is 0 Å². The summed E-state index contributed by atoms with van der Waals surface area (Å²) < 4.78 is 31.5. The zero-order valence-corrected chi connectivity index (χ0v) is 22.3. The molecule has 3 aromatic carbocycles. The lowest BCUT2D eigenvalue weighted by Crippen LogP contribution is -2.45. The van der Waals surface area contributed by atoms with Gasteiger partial charge < -0.3 is 21.3 Å². The van der Waals surface area contributed by atoms with E-state index in [1.165, 1.54) is 24.9 Å². The summed E-state index contributed by atoms with van der Waals surface area (Å²) >= 11 is 0. The Labute approximate surface area is 219 Å². The van der Waals surface area contributed by atoms with Crippen molar-refractivity contribution < 1.29 is 8.78 Å². The van der Waals surface area contributed by atoms with Gasteiger partial charge in [-0.05, 0) is 72.5 Å². The maximum atomic E-state index is 15.8. The Hall–Kier alpha value is -3.06. The van der Waals surface area contributed by atoms with Gasteiger partial charge >= 0.3 is 0 Å². The molecular formula is C30H36F2N4Si. The highest BCUT2D eigenvalue weighted by Gasteiger charge is 2.40. The Balaban J connectivity index is 1.34. The Morgan fingerprint density at radius 3 is 1.59 bits per heavy atom. The van der Waals surface area contributed by atoms with Crippen molar-refractivity contribution in [1.82, 2.24) is 0 Å². The third kappa shape index (κ3) is 4.58. The number of nitrogens with zero attached hydrogens (tertiary/aromatic N) is 2. The van der Waals surface area contributed by atoms with Crippen LogP contribution in [-0.4, -0.2) is 21.2 Å². The van der Waals surface area contributed by atoms with Crippen LogP contribution in [0.25, 0.3) is 0 Å². The first-order chi connectivity index (χ1) is 17.9. The van der Waals surface area contributed by atoms with E-state index in [1.54, 1.807) is 12.1 Å². The first-order valence-corrected chi connectivity index (χ1v) is 16.5. The molecule has 0 bridgehead atoms. The highest BCUT2D eigenvalue weighted by atomic mass is 28.3. The zero-order valence-electron chi connectivity index (χ0n) is 21.3. The van der Waals surface area contributed by atoms with Crippen molar-refractivity contribution in [2.75, 3.05) is 34.4 Å². The van der Waals surface area contributed by atoms with Gasteiger partial charge in [-0.2, -0.15) is 0 Å². The number of hydrogen-bond acceptors (Lipinski definition) is 4. The van der Waals surface area contributed by atoms with Crippen LogP contribution in [0.4, 0.5) is 31.5 Å². The highest BCUT2D eigenvalue weighted by Crippen LogP contribution is 2.48. The molecule has 4 nitrogen and oxygen atoms in total. The molecule has 0 amide bonds. The monoisotopic (exact) mass is 518 g/mol. The minimum absolute atomic E-state index is 0.00369. The molecule has 0 saturated carbocycles. The molecule has 0 aliphatic carbocycles. The average Bonchev–Trinajstić information content (AvgIpc) is 3.54. The molecule has 6 rings (SSSR count). The molecule has 0 radical (unpaired) electrons. The van der Waals surface area contributed by atoms with E-state index in [4.69, 9.17) is 11.5 Å². The molecule has 3 aromatic rings. The molecule has 1 spiro atoms. The fraction of sp³-hybridized carbons (Fsp3) is 0.400. The molecule has 7 heteroatoms. The largest absolute Gasteiger partial charge is 0.399 e. The van der Waals surface area contributed by atoms with Gasteiger partial charge in [0.1, 0.15) is 5.69 Å². The molecule has 3 aliphatic rings. The third-order valence-corrected chi connectivity index (χ3v) is 14.5. The summed E-state index contributed by atoms with van der Waals surface area (Å²) in [7, 11) is -1.18. The van der Waals surface area contributed by atoms with Crippen LogP contribution in [0.3, 0.4) is 0 Å². The second-order valence-electron chi connectivity index (χ2n) is 11.3. The van der Waals surface area contributed by atoms with E-state index in [2.05, 4.69) is 4.90 Å². The van der Waals surface area contributed by atoms with Gasteiger partial charge in [-0.1, -0.05) is 49.2 Å². The molecule has 2 atom stereocenters. The molecule has 0 unspecified atom stereocenters. The van der Waals surface area contributed by atoms with Crippen LogP contribution < -0.4 is 21.3 Å². The molecule has 194 valence electrons. The standard InChI is InChI=1S/C30H36F2N4Si/c31-26-19-25(20-27(32)30(26)35-13-17-37(18-14-35)15-1-2-16-37)36-28(21-3-7-23(33)8-4-21)11-12-29(36)22-5-9-24(34)10-6-22/h3-10,19-20,28-29H,1-2,11-18,33-34H2/t28-,29-/m0/s1. The fourth-order valence-electron chi connectivity index (χ4n) is 7.09. The fourth-order valence-corrected chi connectivity index (χ4v) is 12.1.